The van der Waals surface area contributed by atoms with Crippen molar-refractivity contribution in [3.63, 3.8) is 0 Å². The molecule has 1 unspecified atom stereocenters. The van der Waals surface area contributed by atoms with Gasteiger partial charge in [-0.15, -0.1) is 5.10 Å². The van der Waals surface area contributed by atoms with Crippen LogP contribution in [-0.2, 0) is 16.9 Å². The van der Waals surface area contributed by atoms with Crippen LogP contribution in [0, 0.1) is 5.82 Å². The zero-order valence-corrected chi connectivity index (χ0v) is 15.4. The second kappa shape index (κ2) is 6.68. The molecule has 142 valence electrons. The molecule has 28 heavy (non-hydrogen) atoms. The summed E-state index contributed by atoms with van der Waals surface area (Å²) in [4.78, 5) is 26.6. The van der Waals surface area contributed by atoms with Crippen molar-refractivity contribution in [1.82, 2.24) is 30.4 Å². The monoisotopic (exact) mass is 400 g/mol. The molecule has 0 bridgehead atoms. The molecule has 1 aromatic heterocycles. The lowest BCUT2D eigenvalue weighted by atomic mass is 9.92. The van der Waals surface area contributed by atoms with Gasteiger partial charge in [-0.2, -0.15) is 4.68 Å². The fraction of sp³-hybridized carbons (Fsp3) is 0.167. The van der Waals surface area contributed by atoms with E-state index in [9.17, 15) is 14.0 Å². The summed E-state index contributed by atoms with van der Waals surface area (Å²) in [6.45, 7) is 1.38. The standard InChI is InChI=1S/C18H14ClFN6O2/c1-18(13-8-7-11(20)9-14(13)19)16(27)25(17(28)21-18)10-15-22-23-24-26(15)12-5-3-2-4-6-12/h2-9H,10H2,1H3,(H,21,28). The molecule has 0 radical (unpaired) electrons. The average Bonchev–Trinajstić information content (AvgIpc) is 3.21. The molecule has 3 aromatic rings. The molecule has 3 amide bonds. The van der Waals surface area contributed by atoms with Crippen LogP contribution in [-0.4, -0.2) is 37.0 Å². The third kappa shape index (κ3) is 2.89. The summed E-state index contributed by atoms with van der Waals surface area (Å²) >= 11 is 6.11. The Morgan fingerprint density at radius 1 is 1.18 bits per heavy atom. The number of hydrogen-bond acceptors (Lipinski definition) is 5. The number of imide groups is 1. The molecule has 0 spiro atoms. The predicted octanol–water partition coefficient (Wildman–Crippen LogP) is 2.42. The van der Waals surface area contributed by atoms with Gasteiger partial charge in [0.25, 0.3) is 5.91 Å². The van der Waals surface area contributed by atoms with Crippen molar-refractivity contribution in [3.8, 4) is 5.69 Å². The molecular formula is C18H14ClFN6O2. The van der Waals surface area contributed by atoms with Crippen LogP contribution >= 0.6 is 11.6 Å². The maximum absolute atomic E-state index is 13.4. The van der Waals surface area contributed by atoms with Gasteiger partial charge in [-0.3, -0.25) is 9.69 Å². The molecule has 2 heterocycles. The highest BCUT2D eigenvalue weighted by Gasteiger charge is 2.50. The van der Waals surface area contributed by atoms with Crippen LogP contribution in [0.2, 0.25) is 5.02 Å². The quantitative estimate of drug-likeness (QED) is 0.679. The fourth-order valence-electron chi connectivity index (χ4n) is 3.13. The van der Waals surface area contributed by atoms with Crippen LogP contribution in [0.5, 0.6) is 0 Å². The van der Waals surface area contributed by atoms with E-state index in [-0.39, 0.29) is 11.6 Å². The van der Waals surface area contributed by atoms with Gasteiger partial charge in [-0.05, 0) is 41.6 Å². The highest BCUT2D eigenvalue weighted by Crippen LogP contribution is 2.34. The Kier molecular flexibility index (Phi) is 4.31. The molecule has 4 rings (SSSR count). The molecule has 8 nitrogen and oxygen atoms in total. The first-order valence-corrected chi connectivity index (χ1v) is 8.70. The Bertz CT molecular complexity index is 1070. The Morgan fingerprint density at radius 2 is 1.93 bits per heavy atom. The maximum atomic E-state index is 13.4. The van der Waals surface area contributed by atoms with Crippen LogP contribution in [0.25, 0.3) is 5.69 Å². The number of halogens is 2. The number of benzene rings is 2. The van der Waals surface area contributed by atoms with Gasteiger partial charge in [0.1, 0.15) is 11.4 Å². The lowest BCUT2D eigenvalue weighted by Crippen LogP contribution is -2.41. The normalized spacial score (nSPS) is 19.2. The van der Waals surface area contributed by atoms with Gasteiger partial charge in [-0.25, -0.2) is 9.18 Å². The van der Waals surface area contributed by atoms with Crippen molar-refractivity contribution in [3.05, 3.63) is 70.8 Å². The van der Waals surface area contributed by atoms with Gasteiger partial charge < -0.3 is 5.32 Å². The van der Waals surface area contributed by atoms with Crippen molar-refractivity contribution in [1.29, 1.82) is 0 Å². The van der Waals surface area contributed by atoms with Crippen LogP contribution in [0.3, 0.4) is 0 Å². The molecule has 1 N–H and O–H groups in total. The van der Waals surface area contributed by atoms with Gasteiger partial charge >= 0.3 is 6.03 Å². The van der Waals surface area contributed by atoms with Crippen LogP contribution < -0.4 is 5.32 Å². The van der Waals surface area contributed by atoms with E-state index in [0.717, 1.165) is 11.0 Å². The first-order valence-electron chi connectivity index (χ1n) is 8.32. The van der Waals surface area contributed by atoms with Gasteiger partial charge in [0.05, 0.1) is 12.2 Å². The second-order valence-corrected chi connectivity index (χ2v) is 6.82. The number of aromatic nitrogens is 4. The summed E-state index contributed by atoms with van der Waals surface area (Å²) in [5.74, 6) is -0.759. The number of amides is 3. The maximum Gasteiger partial charge on any atom is 0.325 e. The smallest absolute Gasteiger partial charge is 0.319 e. The van der Waals surface area contributed by atoms with E-state index >= 15 is 0 Å². The largest absolute Gasteiger partial charge is 0.325 e. The van der Waals surface area contributed by atoms with Crippen LogP contribution in [0.15, 0.2) is 48.5 Å². The Labute approximate surface area is 163 Å². The number of para-hydroxylation sites is 1. The van der Waals surface area contributed by atoms with E-state index in [2.05, 4.69) is 20.8 Å². The number of hydrogen-bond donors (Lipinski definition) is 1. The highest BCUT2D eigenvalue weighted by atomic mass is 35.5. The van der Waals surface area contributed by atoms with E-state index in [1.807, 2.05) is 18.2 Å². The number of urea groups is 1. The first-order chi connectivity index (χ1) is 13.4. The first kappa shape index (κ1) is 18.1. The summed E-state index contributed by atoms with van der Waals surface area (Å²) in [5, 5.41) is 14.2. The number of nitrogens with zero attached hydrogens (tertiary/aromatic N) is 5. The molecular weight excluding hydrogens is 387 g/mol. The van der Waals surface area contributed by atoms with Gasteiger partial charge in [0.2, 0.25) is 0 Å². The molecule has 0 saturated carbocycles. The number of carbonyl (C=O) groups excluding carboxylic acids is 2. The number of carbonyl (C=O) groups is 2. The van der Waals surface area contributed by atoms with E-state index in [1.54, 1.807) is 12.1 Å². The van der Waals surface area contributed by atoms with Gasteiger partial charge in [0.15, 0.2) is 5.82 Å². The fourth-order valence-corrected chi connectivity index (χ4v) is 3.49. The SMILES string of the molecule is CC1(c2ccc(F)cc2Cl)NC(=O)N(Cc2nnnn2-c2ccccc2)C1=O. The number of tetrazole rings is 1. The van der Waals surface area contributed by atoms with Crippen molar-refractivity contribution >= 4 is 23.5 Å². The summed E-state index contributed by atoms with van der Waals surface area (Å²) in [5.41, 5.74) is -0.426. The zero-order valence-electron chi connectivity index (χ0n) is 14.6. The Hall–Kier alpha value is -3.33. The molecule has 0 aliphatic carbocycles. The summed E-state index contributed by atoms with van der Waals surface area (Å²) in [6.07, 6.45) is 0. The third-order valence-corrected chi connectivity index (χ3v) is 4.89. The van der Waals surface area contributed by atoms with E-state index in [1.165, 1.54) is 23.7 Å². The topological polar surface area (TPSA) is 93.0 Å². The number of nitrogens with one attached hydrogen (secondary N) is 1. The lowest BCUT2D eigenvalue weighted by Gasteiger charge is -2.23. The molecule has 1 saturated heterocycles. The minimum absolute atomic E-state index is 0.0483. The van der Waals surface area contributed by atoms with Crippen LogP contribution in [0.4, 0.5) is 9.18 Å². The van der Waals surface area contributed by atoms with Crippen molar-refractivity contribution < 1.29 is 14.0 Å². The molecule has 1 atom stereocenters. The van der Waals surface area contributed by atoms with Gasteiger partial charge in [-0.1, -0.05) is 35.9 Å². The predicted molar refractivity (Wildman–Crippen MR) is 97.0 cm³/mol. The summed E-state index contributed by atoms with van der Waals surface area (Å²) in [6, 6.07) is 12.1. The summed E-state index contributed by atoms with van der Waals surface area (Å²) in [7, 11) is 0. The summed E-state index contributed by atoms with van der Waals surface area (Å²) < 4.78 is 14.8. The van der Waals surface area contributed by atoms with Crippen molar-refractivity contribution in [2.24, 2.45) is 0 Å². The van der Waals surface area contributed by atoms with Crippen molar-refractivity contribution in [2.45, 2.75) is 19.0 Å². The second-order valence-electron chi connectivity index (χ2n) is 6.41. The molecule has 2 aromatic carbocycles. The highest BCUT2D eigenvalue weighted by molar-refractivity contribution is 6.32. The Balaban J connectivity index is 1.65. The van der Waals surface area contributed by atoms with Gasteiger partial charge in [0, 0.05) is 10.6 Å². The minimum Gasteiger partial charge on any atom is -0.319 e. The Morgan fingerprint density at radius 3 is 2.64 bits per heavy atom. The van der Waals surface area contributed by atoms with Crippen molar-refractivity contribution in [2.75, 3.05) is 0 Å². The lowest BCUT2D eigenvalue weighted by molar-refractivity contribution is -0.131. The molecule has 10 heteroatoms. The molecule has 1 aliphatic heterocycles. The third-order valence-electron chi connectivity index (χ3n) is 4.58. The van der Waals surface area contributed by atoms with Crippen LogP contribution in [0.1, 0.15) is 18.3 Å². The number of rotatable bonds is 4. The van der Waals surface area contributed by atoms with E-state index in [4.69, 9.17) is 11.6 Å². The molecule has 1 fully saturated rings. The average molecular weight is 401 g/mol. The minimum atomic E-state index is -1.42. The van der Waals surface area contributed by atoms with E-state index < -0.39 is 23.3 Å². The molecule has 1 aliphatic rings. The van der Waals surface area contributed by atoms with E-state index in [0.29, 0.717) is 17.1 Å². The zero-order chi connectivity index (χ0) is 19.9.